The van der Waals surface area contributed by atoms with Gasteiger partial charge in [-0.1, -0.05) is 36.4 Å². The van der Waals surface area contributed by atoms with Crippen molar-refractivity contribution in [2.24, 2.45) is 0 Å². The molecule has 19 heavy (non-hydrogen) atoms. The van der Waals surface area contributed by atoms with Crippen LogP contribution >= 0.6 is 0 Å². The fraction of sp³-hybridized carbons (Fsp3) is 0.231. The van der Waals surface area contributed by atoms with Gasteiger partial charge in [-0.15, -0.1) is 6.58 Å². The predicted molar refractivity (Wildman–Crippen MR) is 69.6 cm³/mol. The quantitative estimate of drug-likeness (QED) is 0.567. The average molecular weight is 264 g/mol. The van der Waals surface area contributed by atoms with Crippen LogP contribution in [0.4, 0.5) is 4.79 Å². The predicted octanol–water partition coefficient (Wildman–Crippen LogP) is 0.658. The minimum absolute atomic E-state index is 0.208. The molecule has 0 spiro atoms. The van der Waals surface area contributed by atoms with Crippen LogP contribution in [0.3, 0.4) is 0 Å². The van der Waals surface area contributed by atoms with E-state index in [0.717, 1.165) is 0 Å². The van der Waals surface area contributed by atoms with Gasteiger partial charge in [0.2, 0.25) is 0 Å². The van der Waals surface area contributed by atoms with E-state index in [1.807, 2.05) is 0 Å². The summed E-state index contributed by atoms with van der Waals surface area (Å²) in [5.74, 6) is -1.31. The lowest BCUT2D eigenvalue weighted by Gasteiger charge is -2.20. The molecule has 4 N–H and O–H groups in total. The number of amides is 2. The van der Waals surface area contributed by atoms with Crippen LogP contribution in [-0.4, -0.2) is 34.8 Å². The second-order valence-electron chi connectivity index (χ2n) is 3.81. The van der Waals surface area contributed by atoms with Crippen molar-refractivity contribution in [1.82, 2.24) is 10.6 Å². The Morgan fingerprint density at radius 3 is 2.47 bits per heavy atom. The maximum atomic E-state index is 11.4. The fourth-order valence-electron chi connectivity index (χ4n) is 1.48. The van der Waals surface area contributed by atoms with Crippen molar-refractivity contribution in [3.05, 3.63) is 48.6 Å². The molecule has 0 saturated carbocycles. The number of urea groups is 1. The van der Waals surface area contributed by atoms with Crippen molar-refractivity contribution in [2.45, 2.75) is 12.1 Å². The van der Waals surface area contributed by atoms with Crippen LogP contribution in [0.5, 0.6) is 0 Å². The molecule has 2 atom stereocenters. The molecule has 0 aliphatic rings. The summed E-state index contributed by atoms with van der Waals surface area (Å²) < 4.78 is 0. The van der Waals surface area contributed by atoms with E-state index >= 15 is 0 Å². The summed E-state index contributed by atoms with van der Waals surface area (Å²) >= 11 is 0. The molecule has 0 aliphatic carbocycles. The zero-order chi connectivity index (χ0) is 14.3. The zero-order valence-corrected chi connectivity index (χ0v) is 10.2. The molecule has 0 aromatic heterocycles. The van der Waals surface area contributed by atoms with Gasteiger partial charge < -0.3 is 20.8 Å². The van der Waals surface area contributed by atoms with Crippen LogP contribution in [0, 0.1) is 0 Å². The summed E-state index contributed by atoms with van der Waals surface area (Å²) in [7, 11) is 0. The third-order valence-corrected chi connectivity index (χ3v) is 2.42. The number of rotatable bonds is 6. The minimum Gasteiger partial charge on any atom is -0.480 e. The van der Waals surface area contributed by atoms with Gasteiger partial charge in [0.1, 0.15) is 6.10 Å². The number of benzene rings is 1. The molecule has 0 bridgehead atoms. The van der Waals surface area contributed by atoms with Gasteiger partial charge in [-0.3, -0.25) is 0 Å². The lowest BCUT2D eigenvalue weighted by atomic mass is 10.0. The number of carbonyl (C=O) groups is 2. The first-order chi connectivity index (χ1) is 9.06. The minimum atomic E-state index is -1.42. The molecule has 6 nitrogen and oxygen atoms in total. The van der Waals surface area contributed by atoms with E-state index in [1.54, 1.807) is 30.3 Å². The van der Waals surface area contributed by atoms with E-state index in [9.17, 15) is 14.7 Å². The Morgan fingerprint density at radius 2 is 1.95 bits per heavy atom. The Morgan fingerprint density at radius 1 is 1.32 bits per heavy atom. The van der Waals surface area contributed by atoms with Crippen LogP contribution < -0.4 is 10.6 Å². The lowest BCUT2D eigenvalue weighted by molar-refractivity contribution is -0.142. The molecule has 0 saturated heterocycles. The van der Waals surface area contributed by atoms with Crippen LogP contribution in [-0.2, 0) is 4.79 Å². The first kappa shape index (κ1) is 14.7. The molecule has 0 aliphatic heterocycles. The average Bonchev–Trinajstić information content (AvgIpc) is 2.42. The highest BCUT2D eigenvalue weighted by Crippen LogP contribution is 2.16. The van der Waals surface area contributed by atoms with Gasteiger partial charge in [0.05, 0.1) is 0 Å². The zero-order valence-electron chi connectivity index (χ0n) is 10.2. The number of aliphatic hydroxyl groups is 1. The maximum absolute atomic E-state index is 11.4. The molecule has 2 amide bonds. The Hall–Kier alpha value is -2.34. The number of carboxylic acids is 1. The van der Waals surface area contributed by atoms with Crippen molar-refractivity contribution in [3.63, 3.8) is 0 Å². The van der Waals surface area contributed by atoms with Gasteiger partial charge in [-0.2, -0.15) is 0 Å². The number of hydrogen-bond acceptors (Lipinski definition) is 3. The molecule has 1 aromatic rings. The molecule has 0 fully saturated rings. The number of aliphatic carboxylic acids is 1. The molecular formula is C13H16N2O4. The van der Waals surface area contributed by atoms with E-state index in [4.69, 9.17) is 5.11 Å². The normalized spacial score (nSPS) is 13.1. The van der Waals surface area contributed by atoms with E-state index in [2.05, 4.69) is 17.2 Å². The smallest absolute Gasteiger partial charge is 0.329 e. The molecule has 2 unspecified atom stereocenters. The highest BCUT2D eigenvalue weighted by Gasteiger charge is 2.29. The second kappa shape index (κ2) is 7.17. The van der Waals surface area contributed by atoms with Gasteiger partial charge in [0.15, 0.2) is 6.04 Å². The van der Waals surface area contributed by atoms with Crippen molar-refractivity contribution in [2.75, 3.05) is 6.54 Å². The van der Waals surface area contributed by atoms with Crippen molar-refractivity contribution < 1.29 is 19.8 Å². The summed E-state index contributed by atoms with van der Waals surface area (Å²) in [6.07, 6.45) is 0.136. The second-order valence-corrected chi connectivity index (χ2v) is 3.81. The van der Waals surface area contributed by atoms with Crippen molar-refractivity contribution in [3.8, 4) is 0 Å². The third-order valence-electron chi connectivity index (χ3n) is 2.42. The van der Waals surface area contributed by atoms with Gasteiger partial charge in [0.25, 0.3) is 0 Å². The molecule has 1 aromatic carbocycles. The summed E-state index contributed by atoms with van der Waals surface area (Å²) in [6, 6.07) is 6.17. The van der Waals surface area contributed by atoms with E-state index < -0.39 is 24.1 Å². The van der Waals surface area contributed by atoms with Gasteiger partial charge in [0, 0.05) is 6.54 Å². The SMILES string of the molecule is C=CCNC(=O)NC(C(=O)O)C(O)c1ccccc1. The van der Waals surface area contributed by atoms with Crippen LogP contribution in [0.15, 0.2) is 43.0 Å². The summed E-state index contributed by atoms with van der Waals surface area (Å²) in [5.41, 5.74) is 0.416. The van der Waals surface area contributed by atoms with E-state index in [1.165, 1.54) is 6.08 Å². The highest BCUT2D eigenvalue weighted by atomic mass is 16.4. The number of hydrogen-bond donors (Lipinski definition) is 4. The summed E-state index contributed by atoms with van der Waals surface area (Å²) in [4.78, 5) is 22.5. The summed E-state index contributed by atoms with van der Waals surface area (Å²) in [6.45, 7) is 3.63. The molecule has 102 valence electrons. The Labute approximate surface area is 110 Å². The molecule has 1 rings (SSSR count). The molecule has 6 heteroatoms. The monoisotopic (exact) mass is 264 g/mol. The van der Waals surface area contributed by atoms with Crippen molar-refractivity contribution >= 4 is 12.0 Å². The number of nitrogens with one attached hydrogen (secondary N) is 2. The van der Waals surface area contributed by atoms with Crippen LogP contribution in [0.25, 0.3) is 0 Å². The Balaban J connectivity index is 2.75. The topological polar surface area (TPSA) is 98.7 Å². The first-order valence-electron chi connectivity index (χ1n) is 5.67. The molecule has 0 heterocycles. The number of aliphatic hydroxyl groups excluding tert-OH is 1. The Bertz CT molecular complexity index is 447. The maximum Gasteiger partial charge on any atom is 0.329 e. The third kappa shape index (κ3) is 4.44. The summed E-state index contributed by atoms with van der Waals surface area (Å²) in [5, 5.41) is 23.6. The van der Waals surface area contributed by atoms with E-state index in [-0.39, 0.29) is 6.54 Å². The number of carbonyl (C=O) groups excluding carboxylic acids is 1. The Kier molecular flexibility index (Phi) is 5.56. The van der Waals surface area contributed by atoms with Crippen LogP contribution in [0.2, 0.25) is 0 Å². The molecule has 0 radical (unpaired) electrons. The number of carboxylic acid groups (broad SMARTS) is 1. The fourth-order valence-corrected chi connectivity index (χ4v) is 1.48. The lowest BCUT2D eigenvalue weighted by Crippen LogP contribution is -2.49. The van der Waals surface area contributed by atoms with E-state index in [0.29, 0.717) is 5.56 Å². The largest absolute Gasteiger partial charge is 0.480 e. The van der Waals surface area contributed by atoms with Gasteiger partial charge in [-0.05, 0) is 5.56 Å². The highest BCUT2D eigenvalue weighted by molar-refractivity contribution is 5.83. The van der Waals surface area contributed by atoms with Gasteiger partial charge >= 0.3 is 12.0 Å². The molecular weight excluding hydrogens is 248 g/mol. The first-order valence-corrected chi connectivity index (χ1v) is 5.67. The standard InChI is InChI=1S/C13H16N2O4/c1-2-8-14-13(19)15-10(12(17)18)11(16)9-6-4-3-5-7-9/h2-7,10-11,16H,1,8H2,(H,17,18)(H2,14,15,19). The van der Waals surface area contributed by atoms with Crippen molar-refractivity contribution in [1.29, 1.82) is 0 Å². The van der Waals surface area contributed by atoms with Gasteiger partial charge in [-0.25, -0.2) is 9.59 Å². The van der Waals surface area contributed by atoms with Crippen LogP contribution in [0.1, 0.15) is 11.7 Å².